The van der Waals surface area contributed by atoms with Gasteiger partial charge in [0.2, 0.25) is 5.88 Å². The summed E-state index contributed by atoms with van der Waals surface area (Å²) in [4.78, 5) is 0. The molecule has 1 aliphatic heterocycles. The lowest BCUT2D eigenvalue weighted by Crippen LogP contribution is -2.27. The van der Waals surface area contributed by atoms with Gasteiger partial charge in [-0.15, -0.1) is 0 Å². The third-order valence-electron chi connectivity index (χ3n) is 4.66. The van der Waals surface area contributed by atoms with Crippen molar-refractivity contribution in [3.05, 3.63) is 40.6 Å². The van der Waals surface area contributed by atoms with E-state index in [4.69, 9.17) is 9.47 Å². The van der Waals surface area contributed by atoms with Crippen molar-refractivity contribution in [1.29, 1.82) is 0 Å². The summed E-state index contributed by atoms with van der Waals surface area (Å²) in [5.74, 6) is 2.23. The zero-order valence-corrected chi connectivity index (χ0v) is 15.2. The topological polar surface area (TPSA) is 48.3 Å². The van der Waals surface area contributed by atoms with Crippen LogP contribution >= 0.6 is 0 Å². The monoisotopic (exact) mass is 329 g/mol. The maximum atomic E-state index is 5.87. The Balaban J connectivity index is 1.84. The standard InChI is InChI=1S/C19H27N3O2/c1-12(2)17-15(19(23-5)22(4)21-17)11-20-16-9-10-24-18-13(3)7-6-8-14(16)18/h6-8,12,16,20H,9-11H2,1-5H3. The molecule has 1 aliphatic rings. The molecule has 24 heavy (non-hydrogen) atoms. The highest BCUT2D eigenvalue weighted by Crippen LogP contribution is 2.35. The van der Waals surface area contributed by atoms with Crippen molar-refractivity contribution in [1.82, 2.24) is 15.1 Å². The van der Waals surface area contributed by atoms with Gasteiger partial charge in [0.1, 0.15) is 5.75 Å². The summed E-state index contributed by atoms with van der Waals surface area (Å²) >= 11 is 0. The molecule has 1 unspecified atom stereocenters. The van der Waals surface area contributed by atoms with Crippen LogP contribution in [0.5, 0.6) is 11.6 Å². The first-order chi connectivity index (χ1) is 11.5. The van der Waals surface area contributed by atoms with Crippen LogP contribution in [0, 0.1) is 6.92 Å². The Morgan fingerprint density at radius 3 is 2.92 bits per heavy atom. The fourth-order valence-electron chi connectivity index (χ4n) is 3.48. The lowest BCUT2D eigenvalue weighted by molar-refractivity contribution is 0.250. The predicted octanol–water partition coefficient (Wildman–Crippen LogP) is 3.47. The Morgan fingerprint density at radius 1 is 1.42 bits per heavy atom. The number of para-hydroxylation sites is 1. The molecule has 0 spiro atoms. The maximum absolute atomic E-state index is 5.87. The Hall–Kier alpha value is -2.01. The van der Waals surface area contributed by atoms with Gasteiger partial charge in [0.25, 0.3) is 0 Å². The van der Waals surface area contributed by atoms with Gasteiger partial charge in [-0.05, 0) is 18.4 Å². The third-order valence-corrected chi connectivity index (χ3v) is 4.66. The van der Waals surface area contributed by atoms with Crippen LogP contribution in [0.25, 0.3) is 0 Å². The van der Waals surface area contributed by atoms with Gasteiger partial charge in [0, 0.05) is 31.6 Å². The molecule has 0 bridgehead atoms. The number of nitrogens with one attached hydrogen (secondary N) is 1. The van der Waals surface area contributed by atoms with E-state index in [1.807, 2.05) is 11.7 Å². The van der Waals surface area contributed by atoms with E-state index >= 15 is 0 Å². The molecule has 0 fully saturated rings. The van der Waals surface area contributed by atoms with Crippen molar-refractivity contribution in [2.75, 3.05) is 13.7 Å². The minimum Gasteiger partial charge on any atom is -0.493 e. The van der Waals surface area contributed by atoms with Crippen LogP contribution in [-0.4, -0.2) is 23.5 Å². The minimum atomic E-state index is 0.290. The second-order valence-corrected chi connectivity index (χ2v) is 6.72. The third kappa shape index (κ3) is 3.00. The maximum Gasteiger partial charge on any atom is 0.216 e. The van der Waals surface area contributed by atoms with Crippen molar-refractivity contribution in [3.63, 3.8) is 0 Å². The molecule has 2 aromatic rings. The summed E-state index contributed by atoms with van der Waals surface area (Å²) in [6.45, 7) is 7.91. The summed E-state index contributed by atoms with van der Waals surface area (Å²) in [5, 5.41) is 8.32. The van der Waals surface area contributed by atoms with Gasteiger partial charge in [-0.2, -0.15) is 5.10 Å². The molecular weight excluding hydrogens is 302 g/mol. The van der Waals surface area contributed by atoms with Gasteiger partial charge in [-0.25, -0.2) is 4.68 Å². The first kappa shape index (κ1) is 16.8. The van der Waals surface area contributed by atoms with Crippen molar-refractivity contribution < 1.29 is 9.47 Å². The molecule has 1 aromatic heterocycles. The molecule has 1 aromatic carbocycles. The highest BCUT2D eigenvalue weighted by molar-refractivity contribution is 5.44. The first-order valence-electron chi connectivity index (χ1n) is 8.58. The second-order valence-electron chi connectivity index (χ2n) is 6.72. The molecular formula is C19H27N3O2. The van der Waals surface area contributed by atoms with Gasteiger partial charge in [0.05, 0.1) is 25.0 Å². The number of fused-ring (bicyclic) bond motifs is 1. The van der Waals surface area contributed by atoms with E-state index in [9.17, 15) is 0 Å². The van der Waals surface area contributed by atoms with Crippen molar-refractivity contribution in [2.45, 2.75) is 45.7 Å². The summed E-state index contributed by atoms with van der Waals surface area (Å²) in [6.07, 6.45) is 0.968. The van der Waals surface area contributed by atoms with Crippen LogP contribution in [0.15, 0.2) is 18.2 Å². The van der Waals surface area contributed by atoms with Crippen LogP contribution in [0.4, 0.5) is 0 Å². The van der Waals surface area contributed by atoms with Crippen LogP contribution in [0.2, 0.25) is 0 Å². The number of ether oxygens (including phenoxy) is 2. The van der Waals surface area contributed by atoms with Crippen LogP contribution in [0.1, 0.15) is 54.6 Å². The van der Waals surface area contributed by atoms with Gasteiger partial charge < -0.3 is 14.8 Å². The SMILES string of the molecule is COc1c(CNC2CCOc3c(C)cccc32)c(C(C)C)nn1C. The smallest absolute Gasteiger partial charge is 0.216 e. The number of aromatic nitrogens is 2. The molecule has 1 atom stereocenters. The van der Waals surface area contributed by atoms with E-state index in [1.165, 1.54) is 11.1 Å². The molecule has 3 rings (SSSR count). The zero-order valence-electron chi connectivity index (χ0n) is 15.2. The molecule has 1 N–H and O–H groups in total. The Bertz CT molecular complexity index is 722. The molecule has 0 saturated heterocycles. The predicted molar refractivity (Wildman–Crippen MR) is 94.7 cm³/mol. The lowest BCUT2D eigenvalue weighted by atomic mass is 9.97. The van der Waals surface area contributed by atoms with E-state index in [-0.39, 0.29) is 0 Å². The van der Waals surface area contributed by atoms with Gasteiger partial charge in [-0.3, -0.25) is 0 Å². The highest BCUT2D eigenvalue weighted by atomic mass is 16.5. The van der Waals surface area contributed by atoms with E-state index in [1.54, 1.807) is 7.11 Å². The molecule has 130 valence electrons. The summed E-state index contributed by atoms with van der Waals surface area (Å²) in [7, 11) is 3.64. The molecule has 5 nitrogen and oxygen atoms in total. The molecule has 5 heteroatoms. The van der Waals surface area contributed by atoms with E-state index in [0.717, 1.165) is 42.5 Å². The van der Waals surface area contributed by atoms with Crippen molar-refractivity contribution in [2.24, 2.45) is 7.05 Å². The summed E-state index contributed by atoms with van der Waals surface area (Å²) < 4.78 is 13.3. The quantitative estimate of drug-likeness (QED) is 0.912. The number of rotatable bonds is 5. The highest BCUT2D eigenvalue weighted by Gasteiger charge is 2.24. The number of aryl methyl sites for hydroxylation is 2. The fraction of sp³-hybridized carbons (Fsp3) is 0.526. The van der Waals surface area contributed by atoms with Gasteiger partial charge in [0.15, 0.2) is 0 Å². The molecule has 0 radical (unpaired) electrons. The fourth-order valence-corrected chi connectivity index (χ4v) is 3.48. The van der Waals surface area contributed by atoms with E-state index in [2.05, 4.69) is 49.4 Å². The van der Waals surface area contributed by atoms with Gasteiger partial charge in [-0.1, -0.05) is 32.0 Å². The number of benzene rings is 1. The van der Waals surface area contributed by atoms with Crippen LogP contribution < -0.4 is 14.8 Å². The summed E-state index contributed by atoms with van der Waals surface area (Å²) in [6, 6.07) is 6.64. The normalized spacial score (nSPS) is 16.8. The van der Waals surface area contributed by atoms with E-state index in [0.29, 0.717) is 12.0 Å². The summed E-state index contributed by atoms with van der Waals surface area (Å²) in [5.41, 5.74) is 4.69. The molecule has 0 amide bonds. The first-order valence-corrected chi connectivity index (χ1v) is 8.58. The van der Waals surface area contributed by atoms with Crippen molar-refractivity contribution in [3.8, 4) is 11.6 Å². The average molecular weight is 329 g/mol. The number of nitrogens with zero attached hydrogens (tertiary/aromatic N) is 2. The number of hydrogen-bond acceptors (Lipinski definition) is 4. The number of hydrogen-bond donors (Lipinski definition) is 1. The molecule has 0 aliphatic carbocycles. The second kappa shape index (κ2) is 6.85. The Kier molecular flexibility index (Phi) is 4.81. The van der Waals surface area contributed by atoms with Crippen LogP contribution in [-0.2, 0) is 13.6 Å². The molecule has 0 saturated carbocycles. The van der Waals surface area contributed by atoms with Crippen molar-refractivity contribution >= 4 is 0 Å². The zero-order chi connectivity index (χ0) is 17.3. The number of methoxy groups -OCH3 is 1. The van der Waals surface area contributed by atoms with E-state index < -0.39 is 0 Å². The Morgan fingerprint density at radius 2 is 2.21 bits per heavy atom. The van der Waals surface area contributed by atoms with Crippen LogP contribution in [0.3, 0.4) is 0 Å². The van der Waals surface area contributed by atoms with Gasteiger partial charge >= 0.3 is 0 Å². The average Bonchev–Trinajstić information content (AvgIpc) is 2.89. The molecule has 2 heterocycles. The Labute approximate surface area is 144 Å². The minimum absolute atomic E-state index is 0.290. The lowest BCUT2D eigenvalue weighted by Gasteiger charge is -2.28. The largest absolute Gasteiger partial charge is 0.493 e.